The van der Waals surface area contributed by atoms with Gasteiger partial charge >= 0.3 is 6.03 Å². The summed E-state index contributed by atoms with van der Waals surface area (Å²) in [6, 6.07) is 15.7. The minimum atomic E-state index is -0.260. The lowest BCUT2D eigenvalue weighted by Gasteiger charge is -2.30. The molecule has 1 fully saturated rings. The summed E-state index contributed by atoms with van der Waals surface area (Å²) in [5.41, 5.74) is 2.97. The first-order valence-electron chi connectivity index (χ1n) is 10.8. The van der Waals surface area contributed by atoms with Gasteiger partial charge in [-0.05, 0) is 55.0 Å². The molecule has 1 saturated carbocycles. The third-order valence-corrected chi connectivity index (χ3v) is 6.07. The van der Waals surface area contributed by atoms with Gasteiger partial charge in [0, 0.05) is 6.04 Å². The molecule has 3 aromatic rings. The number of nitrogens with zero attached hydrogens (tertiary/aromatic N) is 1. The number of amides is 2. The standard InChI is InChI=1S/C24H30N4O2/c1-16-7-3-4-8-19(16)27-24(29)28-22(15-17-11-13-18(30-2)14-12-17)23-25-20-9-5-6-10-21(20)26-23/h5-6,9-14,16,19,22H,3-4,7-8,15H2,1-2H3,(H,25,26)(H2,27,28,29)/t16?,19?,22-/m1/s1. The van der Waals surface area contributed by atoms with Gasteiger partial charge in [-0.15, -0.1) is 0 Å². The van der Waals surface area contributed by atoms with Crippen molar-refractivity contribution in [2.45, 2.75) is 51.1 Å². The Balaban J connectivity index is 1.53. The van der Waals surface area contributed by atoms with E-state index in [0.717, 1.165) is 34.6 Å². The zero-order valence-electron chi connectivity index (χ0n) is 17.7. The lowest BCUT2D eigenvalue weighted by Crippen LogP contribution is -2.47. The number of nitrogens with one attached hydrogen (secondary N) is 3. The number of para-hydroxylation sites is 2. The predicted octanol–water partition coefficient (Wildman–Crippen LogP) is 4.73. The lowest BCUT2D eigenvalue weighted by molar-refractivity contribution is 0.218. The Bertz CT molecular complexity index is 949. The van der Waals surface area contributed by atoms with Crippen molar-refractivity contribution in [3.63, 3.8) is 0 Å². The van der Waals surface area contributed by atoms with E-state index in [-0.39, 0.29) is 18.1 Å². The molecule has 0 spiro atoms. The summed E-state index contributed by atoms with van der Waals surface area (Å²) in [5.74, 6) is 2.09. The summed E-state index contributed by atoms with van der Waals surface area (Å²) in [5, 5.41) is 6.36. The number of methoxy groups -OCH3 is 1. The van der Waals surface area contributed by atoms with Crippen LogP contribution in [0, 0.1) is 5.92 Å². The number of aromatic amines is 1. The van der Waals surface area contributed by atoms with E-state index in [9.17, 15) is 4.79 Å². The molecule has 0 aliphatic heterocycles. The molecule has 0 saturated heterocycles. The number of urea groups is 1. The molecule has 0 bridgehead atoms. The second-order valence-corrected chi connectivity index (χ2v) is 8.23. The molecule has 6 nitrogen and oxygen atoms in total. The number of H-pyrrole nitrogens is 1. The van der Waals surface area contributed by atoms with Crippen LogP contribution >= 0.6 is 0 Å². The van der Waals surface area contributed by atoms with Crippen LogP contribution in [-0.4, -0.2) is 29.2 Å². The number of aromatic nitrogens is 2. The predicted molar refractivity (Wildman–Crippen MR) is 119 cm³/mol. The van der Waals surface area contributed by atoms with Gasteiger partial charge < -0.3 is 20.4 Å². The highest BCUT2D eigenvalue weighted by Gasteiger charge is 2.25. The first kappa shape index (κ1) is 20.3. The van der Waals surface area contributed by atoms with Crippen molar-refractivity contribution in [1.82, 2.24) is 20.6 Å². The molecule has 4 rings (SSSR count). The van der Waals surface area contributed by atoms with Gasteiger partial charge in [0.25, 0.3) is 0 Å². The normalized spacial score (nSPS) is 19.9. The van der Waals surface area contributed by atoms with E-state index >= 15 is 0 Å². The Morgan fingerprint density at radius 1 is 1.17 bits per heavy atom. The summed E-state index contributed by atoms with van der Waals surface area (Å²) in [4.78, 5) is 21.0. The minimum absolute atomic E-state index is 0.132. The molecule has 30 heavy (non-hydrogen) atoms. The second-order valence-electron chi connectivity index (χ2n) is 8.23. The lowest BCUT2D eigenvalue weighted by atomic mass is 9.86. The van der Waals surface area contributed by atoms with E-state index in [0.29, 0.717) is 12.3 Å². The molecule has 1 aliphatic carbocycles. The molecule has 3 atom stereocenters. The van der Waals surface area contributed by atoms with E-state index in [1.807, 2.05) is 48.5 Å². The van der Waals surface area contributed by atoms with Crippen LogP contribution in [0.1, 0.15) is 50.0 Å². The molecule has 3 N–H and O–H groups in total. The average molecular weight is 407 g/mol. The van der Waals surface area contributed by atoms with Gasteiger partial charge in [0.05, 0.1) is 24.2 Å². The fourth-order valence-electron chi connectivity index (χ4n) is 4.25. The zero-order chi connectivity index (χ0) is 20.9. The van der Waals surface area contributed by atoms with Crippen LogP contribution in [0.5, 0.6) is 5.75 Å². The first-order valence-corrected chi connectivity index (χ1v) is 10.8. The summed E-state index contributed by atoms with van der Waals surface area (Å²) in [7, 11) is 1.66. The molecule has 2 aromatic carbocycles. The van der Waals surface area contributed by atoms with E-state index in [1.54, 1.807) is 7.11 Å². The highest BCUT2D eigenvalue weighted by atomic mass is 16.5. The topological polar surface area (TPSA) is 79.0 Å². The molecule has 6 heteroatoms. The molecule has 1 heterocycles. The number of carbonyl (C=O) groups is 1. The highest BCUT2D eigenvalue weighted by Crippen LogP contribution is 2.24. The summed E-state index contributed by atoms with van der Waals surface area (Å²) in [6.45, 7) is 2.22. The molecule has 0 radical (unpaired) electrons. The van der Waals surface area contributed by atoms with Crippen molar-refractivity contribution >= 4 is 17.1 Å². The molecule has 1 aliphatic rings. The zero-order valence-corrected chi connectivity index (χ0v) is 17.7. The van der Waals surface area contributed by atoms with Crippen LogP contribution in [0.4, 0.5) is 4.79 Å². The maximum atomic E-state index is 12.9. The maximum absolute atomic E-state index is 12.9. The summed E-state index contributed by atoms with van der Waals surface area (Å²) >= 11 is 0. The molecule has 1 aromatic heterocycles. The third-order valence-electron chi connectivity index (χ3n) is 6.07. The number of benzene rings is 2. The van der Waals surface area contributed by atoms with Crippen LogP contribution in [0.15, 0.2) is 48.5 Å². The van der Waals surface area contributed by atoms with E-state index < -0.39 is 0 Å². The number of fused-ring (bicyclic) bond motifs is 1. The summed E-state index contributed by atoms with van der Waals surface area (Å²) < 4.78 is 5.26. The van der Waals surface area contributed by atoms with Gasteiger partial charge in [0.2, 0.25) is 0 Å². The Morgan fingerprint density at radius 3 is 2.67 bits per heavy atom. The monoisotopic (exact) mass is 406 g/mol. The molecular weight excluding hydrogens is 376 g/mol. The quantitative estimate of drug-likeness (QED) is 0.553. The van der Waals surface area contributed by atoms with Crippen molar-refractivity contribution in [2.24, 2.45) is 5.92 Å². The fraction of sp³-hybridized carbons (Fsp3) is 0.417. The highest BCUT2D eigenvalue weighted by molar-refractivity contribution is 5.76. The van der Waals surface area contributed by atoms with Gasteiger partial charge in [0.15, 0.2) is 0 Å². The van der Waals surface area contributed by atoms with Crippen LogP contribution in [0.3, 0.4) is 0 Å². The first-order chi connectivity index (χ1) is 14.6. The number of hydrogen-bond acceptors (Lipinski definition) is 3. The van der Waals surface area contributed by atoms with Gasteiger partial charge in [0.1, 0.15) is 11.6 Å². The SMILES string of the molecule is COc1ccc(C[C@@H](NC(=O)NC2CCCCC2C)c2nc3ccccc3[nH]2)cc1. The smallest absolute Gasteiger partial charge is 0.315 e. The number of ether oxygens (including phenoxy) is 1. The molecular formula is C24H30N4O2. The Kier molecular flexibility index (Phi) is 6.21. The number of imidazole rings is 1. The van der Waals surface area contributed by atoms with Gasteiger partial charge in [-0.2, -0.15) is 0 Å². The van der Waals surface area contributed by atoms with Crippen molar-refractivity contribution in [2.75, 3.05) is 7.11 Å². The van der Waals surface area contributed by atoms with E-state index in [1.165, 1.54) is 19.3 Å². The van der Waals surface area contributed by atoms with Crippen molar-refractivity contribution in [3.8, 4) is 5.75 Å². The summed E-state index contributed by atoms with van der Waals surface area (Å²) in [6.07, 6.45) is 5.28. The minimum Gasteiger partial charge on any atom is -0.497 e. The van der Waals surface area contributed by atoms with Crippen LogP contribution in [-0.2, 0) is 6.42 Å². The molecule has 2 unspecified atom stereocenters. The third kappa shape index (κ3) is 4.75. The number of rotatable bonds is 6. The van der Waals surface area contributed by atoms with E-state index in [2.05, 4.69) is 22.5 Å². The Hall–Kier alpha value is -3.02. The fourth-order valence-corrected chi connectivity index (χ4v) is 4.25. The number of carbonyl (C=O) groups excluding carboxylic acids is 1. The van der Waals surface area contributed by atoms with Crippen LogP contribution in [0.2, 0.25) is 0 Å². The van der Waals surface area contributed by atoms with Gasteiger partial charge in [-0.1, -0.05) is 44.0 Å². The van der Waals surface area contributed by atoms with E-state index in [4.69, 9.17) is 9.72 Å². The number of hydrogen-bond donors (Lipinski definition) is 3. The molecule has 158 valence electrons. The Labute approximate surface area is 177 Å². The Morgan fingerprint density at radius 2 is 1.93 bits per heavy atom. The largest absolute Gasteiger partial charge is 0.497 e. The van der Waals surface area contributed by atoms with Crippen molar-refractivity contribution < 1.29 is 9.53 Å². The average Bonchev–Trinajstić information content (AvgIpc) is 3.20. The van der Waals surface area contributed by atoms with Crippen molar-refractivity contribution in [3.05, 3.63) is 59.9 Å². The molecule has 2 amide bonds. The van der Waals surface area contributed by atoms with Crippen LogP contribution in [0.25, 0.3) is 11.0 Å². The van der Waals surface area contributed by atoms with Gasteiger partial charge in [-0.3, -0.25) is 0 Å². The second kappa shape index (κ2) is 9.20. The maximum Gasteiger partial charge on any atom is 0.315 e. The van der Waals surface area contributed by atoms with Crippen LogP contribution < -0.4 is 15.4 Å². The van der Waals surface area contributed by atoms with Crippen molar-refractivity contribution in [1.29, 1.82) is 0 Å². The van der Waals surface area contributed by atoms with Gasteiger partial charge in [-0.25, -0.2) is 9.78 Å².